The third-order valence-electron chi connectivity index (χ3n) is 6.48. The van der Waals surface area contributed by atoms with Crippen molar-refractivity contribution in [1.29, 1.82) is 0 Å². The monoisotopic (exact) mass is 546 g/mol. The van der Waals surface area contributed by atoms with Crippen LogP contribution in [0.2, 0.25) is 0 Å². The SMILES string of the molecule is C[C@@H](O[C@H]1CCN(C(=O)C(C)(C)NC(=O)O)C[C@H]1c1ccccc1)c1cc(C(F)(F)F)cc(C(F)(F)F)c1. The third kappa shape index (κ3) is 6.97. The first-order valence-electron chi connectivity index (χ1n) is 11.8. The maximum Gasteiger partial charge on any atom is 0.416 e. The zero-order valence-corrected chi connectivity index (χ0v) is 20.9. The molecule has 6 nitrogen and oxygen atoms in total. The number of carbonyl (C=O) groups excluding carboxylic acids is 1. The molecular formula is C26H28F6N2O4. The summed E-state index contributed by atoms with van der Waals surface area (Å²) >= 11 is 0. The van der Waals surface area contributed by atoms with Crippen LogP contribution in [0.25, 0.3) is 0 Å². The van der Waals surface area contributed by atoms with Gasteiger partial charge in [-0.1, -0.05) is 30.3 Å². The lowest BCUT2D eigenvalue weighted by molar-refractivity contribution is -0.143. The van der Waals surface area contributed by atoms with Gasteiger partial charge in [0.15, 0.2) is 0 Å². The smallest absolute Gasteiger partial charge is 0.416 e. The van der Waals surface area contributed by atoms with Gasteiger partial charge in [0.1, 0.15) is 5.54 Å². The fourth-order valence-electron chi connectivity index (χ4n) is 4.57. The van der Waals surface area contributed by atoms with Crippen LogP contribution in [0.15, 0.2) is 48.5 Å². The Morgan fingerprint density at radius 1 is 1.00 bits per heavy atom. The number of halogens is 6. The minimum atomic E-state index is -4.98. The van der Waals surface area contributed by atoms with E-state index in [0.29, 0.717) is 12.1 Å². The Morgan fingerprint density at radius 3 is 2.05 bits per heavy atom. The van der Waals surface area contributed by atoms with Crippen LogP contribution in [0.1, 0.15) is 61.5 Å². The predicted molar refractivity (Wildman–Crippen MR) is 125 cm³/mol. The largest absolute Gasteiger partial charge is 0.465 e. The fraction of sp³-hybridized carbons (Fsp3) is 0.462. The number of hydrogen-bond donors (Lipinski definition) is 2. The quantitative estimate of drug-likeness (QED) is 0.421. The summed E-state index contributed by atoms with van der Waals surface area (Å²) in [5.41, 5.74) is -3.78. The van der Waals surface area contributed by atoms with Crippen LogP contribution in [0, 0.1) is 0 Å². The number of nitrogens with zero attached hydrogens (tertiary/aromatic N) is 1. The fourth-order valence-corrected chi connectivity index (χ4v) is 4.57. The van der Waals surface area contributed by atoms with Crippen molar-refractivity contribution in [2.45, 2.75) is 63.2 Å². The van der Waals surface area contributed by atoms with Gasteiger partial charge in [-0.2, -0.15) is 26.3 Å². The topological polar surface area (TPSA) is 78.9 Å². The summed E-state index contributed by atoms with van der Waals surface area (Å²) in [5, 5.41) is 11.3. The second-order valence-electron chi connectivity index (χ2n) is 9.77. The summed E-state index contributed by atoms with van der Waals surface area (Å²) in [6.45, 7) is 4.51. The molecule has 0 unspecified atom stereocenters. The first-order valence-corrected chi connectivity index (χ1v) is 11.8. The molecule has 1 aliphatic rings. The van der Waals surface area contributed by atoms with Gasteiger partial charge in [-0.05, 0) is 56.5 Å². The van der Waals surface area contributed by atoms with E-state index in [0.717, 1.165) is 5.56 Å². The molecule has 38 heavy (non-hydrogen) atoms. The second-order valence-corrected chi connectivity index (χ2v) is 9.77. The maximum atomic E-state index is 13.3. The molecule has 0 spiro atoms. The van der Waals surface area contributed by atoms with Gasteiger partial charge in [0.2, 0.25) is 5.91 Å². The summed E-state index contributed by atoms with van der Waals surface area (Å²) in [6.07, 6.45) is -12.9. The second kappa shape index (κ2) is 10.8. The molecular weight excluding hydrogens is 518 g/mol. The lowest BCUT2D eigenvalue weighted by atomic mass is 9.86. The molecule has 0 bridgehead atoms. The highest BCUT2D eigenvalue weighted by molar-refractivity contribution is 5.89. The van der Waals surface area contributed by atoms with Gasteiger partial charge >= 0.3 is 18.4 Å². The van der Waals surface area contributed by atoms with E-state index in [1.54, 1.807) is 30.3 Å². The van der Waals surface area contributed by atoms with Crippen molar-refractivity contribution in [3.05, 3.63) is 70.8 Å². The van der Waals surface area contributed by atoms with E-state index >= 15 is 0 Å². The molecule has 1 saturated heterocycles. The number of carbonyl (C=O) groups is 2. The number of rotatable bonds is 6. The van der Waals surface area contributed by atoms with E-state index in [1.165, 1.54) is 25.7 Å². The Hall–Kier alpha value is -3.28. The van der Waals surface area contributed by atoms with Crippen molar-refractivity contribution in [1.82, 2.24) is 10.2 Å². The van der Waals surface area contributed by atoms with E-state index in [4.69, 9.17) is 9.84 Å². The molecule has 3 atom stereocenters. The van der Waals surface area contributed by atoms with E-state index in [9.17, 15) is 35.9 Å². The van der Waals surface area contributed by atoms with E-state index in [1.807, 2.05) is 0 Å². The first kappa shape index (κ1) is 29.3. The van der Waals surface area contributed by atoms with E-state index < -0.39 is 59.1 Å². The van der Waals surface area contributed by atoms with Gasteiger partial charge in [-0.25, -0.2) is 4.79 Å². The molecule has 1 heterocycles. The maximum absolute atomic E-state index is 13.3. The summed E-state index contributed by atoms with van der Waals surface area (Å²) in [6, 6.07) is 10.2. The Balaban J connectivity index is 1.90. The van der Waals surface area contributed by atoms with Crippen molar-refractivity contribution >= 4 is 12.0 Å². The molecule has 208 valence electrons. The van der Waals surface area contributed by atoms with Crippen LogP contribution in [0.5, 0.6) is 0 Å². The number of amides is 2. The summed E-state index contributed by atoms with van der Waals surface area (Å²) in [7, 11) is 0. The molecule has 0 aromatic heterocycles. The van der Waals surface area contributed by atoms with Crippen molar-refractivity contribution in [2.75, 3.05) is 13.1 Å². The summed E-state index contributed by atoms with van der Waals surface area (Å²) in [4.78, 5) is 25.7. The zero-order valence-electron chi connectivity index (χ0n) is 20.9. The van der Waals surface area contributed by atoms with Crippen LogP contribution >= 0.6 is 0 Å². The van der Waals surface area contributed by atoms with Gasteiger partial charge in [0.25, 0.3) is 0 Å². The average Bonchev–Trinajstić information content (AvgIpc) is 2.82. The molecule has 0 radical (unpaired) electrons. The predicted octanol–water partition coefficient (Wildman–Crippen LogP) is 6.23. The number of ether oxygens (including phenoxy) is 1. The van der Waals surface area contributed by atoms with Gasteiger partial charge in [0.05, 0.1) is 23.3 Å². The molecule has 2 aromatic carbocycles. The first-order chi connectivity index (χ1) is 17.5. The number of nitrogens with one attached hydrogen (secondary N) is 1. The molecule has 3 rings (SSSR count). The standard InChI is InChI=1S/C26H28F6N2O4/c1-15(17-11-18(25(27,28)29)13-19(12-17)26(30,31)32)38-21-9-10-34(22(35)24(2,3)33-23(36)37)14-20(21)16-7-5-4-6-8-16/h4-8,11-13,15,20-21,33H,9-10,14H2,1-3H3,(H,36,37)/t15-,20+,21+/m1/s1. The molecule has 0 aliphatic carbocycles. The third-order valence-corrected chi connectivity index (χ3v) is 6.48. The van der Waals surface area contributed by atoms with Crippen LogP contribution in [0.3, 0.4) is 0 Å². The number of alkyl halides is 6. The van der Waals surface area contributed by atoms with Crippen LogP contribution in [0.4, 0.5) is 31.1 Å². The Kier molecular flexibility index (Phi) is 8.35. The van der Waals surface area contributed by atoms with Crippen LogP contribution < -0.4 is 5.32 Å². The lowest BCUT2D eigenvalue weighted by Gasteiger charge is -2.42. The van der Waals surface area contributed by atoms with Crippen molar-refractivity contribution in [3.8, 4) is 0 Å². The minimum absolute atomic E-state index is 0.0694. The molecule has 1 fully saturated rings. The highest BCUT2D eigenvalue weighted by Crippen LogP contribution is 2.39. The highest BCUT2D eigenvalue weighted by atomic mass is 19.4. The Labute approximate surface area is 215 Å². The van der Waals surface area contributed by atoms with Gasteiger partial charge in [0, 0.05) is 19.0 Å². The number of benzene rings is 2. The van der Waals surface area contributed by atoms with Crippen LogP contribution in [-0.2, 0) is 21.9 Å². The number of piperidine rings is 1. The van der Waals surface area contributed by atoms with Crippen molar-refractivity contribution in [3.63, 3.8) is 0 Å². The summed E-state index contributed by atoms with van der Waals surface area (Å²) in [5.74, 6) is -0.940. The molecule has 1 aliphatic heterocycles. The Bertz CT molecular complexity index is 1120. The van der Waals surface area contributed by atoms with Gasteiger partial charge < -0.3 is 20.1 Å². The van der Waals surface area contributed by atoms with Gasteiger partial charge in [-0.15, -0.1) is 0 Å². The minimum Gasteiger partial charge on any atom is -0.465 e. The van der Waals surface area contributed by atoms with Crippen molar-refractivity contribution in [2.24, 2.45) is 0 Å². The molecule has 0 saturated carbocycles. The molecule has 12 heteroatoms. The zero-order chi connectivity index (χ0) is 28.5. The number of likely N-dealkylation sites (tertiary alicyclic amines) is 1. The van der Waals surface area contributed by atoms with E-state index in [-0.39, 0.29) is 31.1 Å². The van der Waals surface area contributed by atoms with Crippen LogP contribution in [-0.4, -0.2) is 46.7 Å². The highest BCUT2D eigenvalue weighted by Gasteiger charge is 2.41. The normalized spacial score (nSPS) is 19.7. The van der Waals surface area contributed by atoms with Crippen molar-refractivity contribution < 1.29 is 45.8 Å². The number of carboxylic acid groups (broad SMARTS) is 1. The molecule has 2 amide bonds. The summed E-state index contributed by atoms with van der Waals surface area (Å²) < 4.78 is 86.2. The van der Waals surface area contributed by atoms with E-state index in [2.05, 4.69) is 5.32 Å². The Morgan fingerprint density at radius 2 is 1.55 bits per heavy atom. The molecule has 2 aromatic rings. The lowest BCUT2D eigenvalue weighted by Crippen LogP contribution is -2.58. The van der Waals surface area contributed by atoms with Gasteiger partial charge in [-0.3, -0.25) is 4.79 Å². The average molecular weight is 547 g/mol. The molecule has 2 N–H and O–H groups in total. The number of hydrogen-bond acceptors (Lipinski definition) is 3.